The Kier molecular flexibility index (Phi) is 6.36. The van der Waals surface area contributed by atoms with Crippen LogP contribution in [-0.4, -0.2) is 72.7 Å². The highest BCUT2D eigenvalue weighted by atomic mass is 19.1. The first-order valence-corrected chi connectivity index (χ1v) is 10.5. The quantitative estimate of drug-likeness (QED) is 0.628. The molecular formula is C23H24FN3O5. The van der Waals surface area contributed by atoms with Crippen molar-refractivity contribution in [2.45, 2.75) is 18.6 Å². The van der Waals surface area contributed by atoms with Gasteiger partial charge >= 0.3 is 5.97 Å². The Balaban J connectivity index is 1.26. The summed E-state index contributed by atoms with van der Waals surface area (Å²) in [5, 5.41) is 11.5. The van der Waals surface area contributed by atoms with Gasteiger partial charge in [-0.3, -0.25) is 9.59 Å². The number of carbonyl (C=O) groups excluding carboxylic acids is 2. The first-order valence-electron chi connectivity index (χ1n) is 10.5. The smallest absolute Gasteiger partial charge is 0.336 e. The lowest BCUT2D eigenvalue weighted by Gasteiger charge is -2.36. The number of amides is 2. The van der Waals surface area contributed by atoms with Gasteiger partial charge in [-0.25, -0.2) is 9.18 Å². The Bertz CT molecular complexity index is 1000. The van der Waals surface area contributed by atoms with Crippen LogP contribution in [0, 0.1) is 5.82 Å². The molecule has 2 heterocycles. The maximum atomic E-state index is 13.1. The highest BCUT2D eigenvalue weighted by Crippen LogP contribution is 2.22. The molecule has 0 bridgehead atoms. The van der Waals surface area contributed by atoms with E-state index in [9.17, 15) is 18.8 Å². The number of nitrogens with one attached hydrogen (secondary N) is 1. The molecule has 2 aliphatic rings. The number of carboxylic acid groups (broad SMARTS) is 1. The van der Waals surface area contributed by atoms with E-state index in [1.54, 1.807) is 23.1 Å². The lowest BCUT2D eigenvalue weighted by molar-refractivity contribution is -0.138. The molecule has 8 nitrogen and oxygen atoms in total. The minimum absolute atomic E-state index is 0.0506. The molecule has 0 aliphatic carbocycles. The first kappa shape index (κ1) is 21.8. The van der Waals surface area contributed by atoms with Gasteiger partial charge < -0.3 is 25.0 Å². The van der Waals surface area contributed by atoms with Crippen molar-refractivity contribution in [2.75, 3.05) is 37.6 Å². The Morgan fingerprint density at radius 2 is 1.75 bits per heavy atom. The molecule has 0 radical (unpaired) electrons. The molecule has 168 valence electrons. The molecule has 2 N–H and O–H groups in total. The van der Waals surface area contributed by atoms with E-state index in [0.717, 1.165) is 11.3 Å². The largest absolute Gasteiger partial charge is 0.479 e. The summed E-state index contributed by atoms with van der Waals surface area (Å²) in [6, 6.07) is 13.6. The molecule has 2 saturated heterocycles. The average Bonchev–Trinajstić information content (AvgIpc) is 3.61. The maximum Gasteiger partial charge on any atom is 0.336 e. The molecule has 2 amide bonds. The van der Waals surface area contributed by atoms with Crippen molar-refractivity contribution >= 4 is 23.5 Å². The second kappa shape index (κ2) is 9.35. The van der Waals surface area contributed by atoms with E-state index in [1.807, 2.05) is 18.2 Å². The Morgan fingerprint density at radius 1 is 1.03 bits per heavy atom. The number of rotatable bonds is 7. The van der Waals surface area contributed by atoms with Gasteiger partial charge in [-0.05, 0) is 48.4 Å². The fourth-order valence-corrected chi connectivity index (χ4v) is 3.79. The summed E-state index contributed by atoms with van der Waals surface area (Å²) in [5.74, 6) is -1.91. The number of ether oxygens (including phenoxy) is 1. The van der Waals surface area contributed by atoms with Crippen molar-refractivity contribution in [1.82, 2.24) is 10.2 Å². The molecule has 2 atom stereocenters. The van der Waals surface area contributed by atoms with E-state index < -0.39 is 24.1 Å². The van der Waals surface area contributed by atoms with Crippen LogP contribution in [0.5, 0.6) is 0 Å². The summed E-state index contributed by atoms with van der Waals surface area (Å²) >= 11 is 0. The lowest BCUT2D eigenvalue weighted by Crippen LogP contribution is -2.48. The van der Waals surface area contributed by atoms with Gasteiger partial charge in [0.25, 0.3) is 11.8 Å². The zero-order chi connectivity index (χ0) is 22.7. The van der Waals surface area contributed by atoms with Crippen molar-refractivity contribution in [3.8, 4) is 0 Å². The zero-order valence-electron chi connectivity index (χ0n) is 17.4. The van der Waals surface area contributed by atoms with Crippen LogP contribution in [0.25, 0.3) is 0 Å². The van der Waals surface area contributed by atoms with E-state index in [2.05, 4.69) is 10.2 Å². The minimum Gasteiger partial charge on any atom is -0.479 e. The normalized spacial score (nSPS) is 20.0. The molecule has 9 heteroatoms. The van der Waals surface area contributed by atoms with Crippen LogP contribution in [0.1, 0.15) is 15.9 Å². The summed E-state index contributed by atoms with van der Waals surface area (Å²) < 4.78 is 17.9. The molecule has 0 aromatic heterocycles. The topological polar surface area (TPSA) is 102 Å². The number of piperazine rings is 1. The minimum atomic E-state index is -1.14. The van der Waals surface area contributed by atoms with Crippen LogP contribution >= 0.6 is 0 Å². The third-order valence-corrected chi connectivity index (χ3v) is 5.64. The second-order valence-corrected chi connectivity index (χ2v) is 7.81. The van der Waals surface area contributed by atoms with Crippen molar-refractivity contribution in [3.63, 3.8) is 0 Å². The Hall–Kier alpha value is -3.46. The standard InChI is InChI=1S/C23H24FN3O5/c24-17-4-6-18(7-5-17)26-10-12-27(13-11-26)22(29)16-3-1-2-15(14-16)8-9-25-21(28)19-20(32-19)23(30)31/h1-7,14,19-20H,8-13H2,(H,25,28)(H,30,31). The number of halogens is 1. The number of hydrogen-bond acceptors (Lipinski definition) is 5. The SMILES string of the molecule is O=C(O)C1OC1C(=O)NCCc1cccc(C(=O)N2CCN(c3ccc(F)cc3)CC2)c1. The van der Waals surface area contributed by atoms with E-state index >= 15 is 0 Å². The first-order chi connectivity index (χ1) is 15.4. The van der Waals surface area contributed by atoms with Gasteiger partial charge in [0.15, 0.2) is 12.2 Å². The van der Waals surface area contributed by atoms with E-state index in [-0.39, 0.29) is 11.7 Å². The van der Waals surface area contributed by atoms with Crippen LogP contribution in [0.4, 0.5) is 10.1 Å². The van der Waals surface area contributed by atoms with E-state index in [0.29, 0.717) is 44.7 Å². The molecule has 0 spiro atoms. The Morgan fingerprint density at radius 3 is 2.41 bits per heavy atom. The summed E-state index contributed by atoms with van der Waals surface area (Å²) in [6.07, 6.45) is -1.47. The second-order valence-electron chi connectivity index (χ2n) is 7.81. The van der Waals surface area contributed by atoms with Crippen LogP contribution in [0.3, 0.4) is 0 Å². The number of benzene rings is 2. The van der Waals surface area contributed by atoms with Crippen LogP contribution in [0.15, 0.2) is 48.5 Å². The third kappa shape index (κ3) is 5.05. The number of carboxylic acids is 1. The molecule has 2 aromatic carbocycles. The molecule has 2 fully saturated rings. The highest BCUT2D eigenvalue weighted by Gasteiger charge is 2.50. The molecule has 32 heavy (non-hydrogen) atoms. The van der Waals surface area contributed by atoms with Crippen molar-refractivity contribution in [1.29, 1.82) is 0 Å². The van der Waals surface area contributed by atoms with Gasteiger partial charge in [0.1, 0.15) is 5.82 Å². The molecule has 0 saturated carbocycles. The van der Waals surface area contributed by atoms with Gasteiger partial charge in [-0.2, -0.15) is 0 Å². The fraction of sp³-hybridized carbons (Fsp3) is 0.348. The van der Waals surface area contributed by atoms with E-state index in [1.165, 1.54) is 12.1 Å². The van der Waals surface area contributed by atoms with Gasteiger partial charge in [0.05, 0.1) is 0 Å². The summed E-state index contributed by atoms with van der Waals surface area (Å²) in [6.45, 7) is 2.80. The monoisotopic (exact) mass is 441 g/mol. The number of aliphatic carboxylic acids is 1. The molecule has 4 rings (SSSR count). The predicted molar refractivity (Wildman–Crippen MR) is 114 cm³/mol. The number of nitrogens with zero attached hydrogens (tertiary/aromatic N) is 2. The highest BCUT2D eigenvalue weighted by molar-refractivity contribution is 5.94. The number of anilines is 1. The molecule has 2 aromatic rings. The summed E-state index contributed by atoms with van der Waals surface area (Å²) in [7, 11) is 0. The zero-order valence-corrected chi connectivity index (χ0v) is 17.4. The lowest BCUT2D eigenvalue weighted by atomic mass is 10.1. The summed E-state index contributed by atoms with van der Waals surface area (Å²) in [5.41, 5.74) is 2.42. The fourth-order valence-electron chi connectivity index (χ4n) is 3.79. The molecule has 2 unspecified atom stereocenters. The van der Waals surface area contributed by atoms with Gasteiger partial charge in [0.2, 0.25) is 0 Å². The molecular weight excluding hydrogens is 417 g/mol. The Labute approximate surface area is 184 Å². The van der Waals surface area contributed by atoms with Crippen molar-refractivity contribution in [3.05, 3.63) is 65.5 Å². The number of epoxide rings is 1. The maximum absolute atomic E-state index is 13.1. The van der Waals surface area contributed by atoms with Crippen molar-refractivity contribution < 1.29 is 28.6 Å². The van der Waals surface area contributed by atoms with Crippen molar-refractivity contribution in [2.24, 2.45) is 0 Å². The number of hydrogen-bond donors (Lipinski definition) is 2. The predicted octanol–water partition coefficient (Wildman–Crippen LogP) is 1.30. The van der Waals surface area contributed by atoms with Crippen LogP contribution in [0.2, 0.25) is 0 Å². The average molecular weight is 441 g/mol. The molecule has 2 aliphatic heterocycles. The van der Waals surface area contributed by atoms with E-state index in [4.69, 9.17) is 9.84 Å². The van der Waals surface area contributed by atoms with Crippen LogP contribution < -0.4 is 10.2 Å². The van der Waals surface area contributed by atoms with Gasteiger partial charge in [-0.15, -0.1) is 0 Å². The number of carbonyl (C=O) groups is 3. The van der Waals surface area contributed by atoms with Gasteiger partial charge in [-0.1, -0.05) is 12.1 Å². The van der Waals surface area contributed by atoms with Gasteiger partial charge in [0, 0.05) is 44.0 Å². The third-order valence-electron chi connectivity index (χ3n) is 5.64. The van der Waals surface area contributed by atoms with Crippen LogP contribution in [-0.2, 0) is 20.7 Å². The summed E-state index contributed by atoms with van der Waals surface area (Å²) in [4.78, 5) is 39.5.